The van der Waals surface area contributed by atoms with Crippen LogP contribution in [0.3, 0.4) is 0 Å². The number of carbonyl (C=O) groups is 1. The highest BCUT2D eigenvalue weighted by Gasteiger charge is 2.42. The number of likely N-dealkylation sites (N-methyl/N-ethyl adjacent to an activating group) is 1. The van der Waals surface area contributed by atoms with E-state index in [0.717, 1.165) is 30.4 Å². The third kappa shape index (κ3) is 3.92. The van der Waals surface area contributed by atoms with E-state index in [9.17, 15) is 15.2 Å². The third-order valence-electron chi connectivity index (χ3n) is 4.85. The number of rotatable bonds is 5. The Bertz CT molecular complexity index is 568. The minimum atomic E-state index is -0.888. The van der Waals surface area contributed by atoms with Gasteiger partial charge >= 0.3 is 0 Å². The molecule has 1 atom stereocenters. The van der Waals surface area contributed by atoms with Crippen molar-refractivity contribution >= 4 is 5.91 Å². The average molecular weight is 314 g/mol. The molecule has 1 aliphatic carbocycles. The zero-order chi connectivity index (χ0) is 16.9. The molecule has 1 saturated carbocycles. The fourth-order valence-corrected chi connectivity index (χ4v) is 3.29. The fraction of sp³-hybridized carbons (Fsp3) is 0.579. The van der Waals surface area contributed by atoms with Gasteiger partial charge in [0.15, 0.2) is 0 Å². The van der Waals surface area contributed by atoms with E-state index >= 15 is 0 Å². The van der Waals surface area contributed by atoms with E-state index in [-0.39, 0.29) is 12.5 Å². The number of nitriles is 1. The van der Waals surface area contributed by atoms with Gasteiger partial charge in [0.2, 0.25) is 5.91 Å². The molecule has 0 heterocycles. The Kier molecular flexibility index (Phi) is 5.79. The Morgan fingerprint density at radius 1 is 1.30 bits per heavy atom. The lowest BCUT2D eigenvalue weighted by molar-refractivity contribution is -0.141. The molecule has 1 unspecified atom stereocenters. The first-order chi connectivity index (χ1) is 11.0. The molecule has 1 aromatic rings. The summed E-state index contributed by atoms with van der Waals surface area (Å²) in [6, 6.07) is 9.96. The molecule has 1 amide bonds. The van der Waals surface area contributed by atoms with E-state index in [1.54, 1.807) is 4.90 Å². The number of hydrogen-bond acceptors (Lipinski definition) is 3. The standard InChI is InChI=1S/C19H26N2O2/c1-3-21(13-17(22)16-9-7-15(2)8-10-16)18(23)19(14-20)11-5-4-6-12-19/h7-10,17,22H,3-6,11-13H2,1-2H3. The molecular weight excluding hydrogens is 288 g/mol. The molecule has 124 valence electrons. The number of hydrogen-bond donors (Lipinski definition) is 1. The van der Waals surface area contributed by atoms with Crippen molar-refractivity contribution in [3.05, 3.63) is 35.4 Å². The Balaban J connectivity index is 2.10. The van der Waals surface area contributed by atoms with Crippen LogP contribution in [-0.2, 0) is 4.79 Å². The molecular formula is C19H26N2O2. The van der Waals surface area contributed by atoms with Gasteiger partial charge < -0.3 is 10.0 Å². The summed E-state index contributed by atoms with van der Waals surface area (Å²) in [5.41, 5.74) is 1.05. The van der Waals surface area contributed by atoms with Gasteiger partial charge in [-0.05, 0) is 32.3 Å². The molecule has 1 aliphatic rings. The fourth-order valence-electron chi connectivity index (χ4n) is 3.29. The van der Waals surface area contributed by atoms with E-state index in [1.807, 2.05) is 38.1 Å². The lowest BCUT2D eigenvalue weighted by Gasteiger charge is -2.35. The van der Waals surface area contributed by atoms with Gasteiger partial charge in [-0.3, -0.25) is 4.79 Å². The number of amides is 1. The minimum absolute atomic E-state index is 0.117. The Morgan fingerprint density at radius 2 is 1.91 bits per heavy atom. The normalized spacial score (nSPS) is 18.0. The number of aryl methyl sites for hydroxylation is 1. The maximum atomic E-state index is 12.9. The molecule has 4 nitrogen and oxygen atoms in total. The van der Waals surface area contributed by atoms with Crippen molar-refractivity contribution in [3.8, 4) is 6.07 Å². The van der Waals surface area contributed by atoms with Crippen molar-refractivity contribution in [3.63, 3.8) is 0 Å². The maximum Gasteiger partial charge on any atom is 0.243 e. The van der Waals surface area contributed by atoms with Gasteiger partial charge in [-0.1, -0.05) is 49.1 Å². The van der Waals surface area contributed by atoms with Crippen molar-refractivity contribution in [2.45, 2.75) is 52.1 Å². The van der Waals surface area contributed by atoms with E-state index in [1.165, 1.54) is 0 Å². The van der Waals surface area contributed by atoms with Gasteiger partial charge in [0.25, 0.3) is 0 Å². The summed E-state index contributed by atoms with van der Waals surface area (Å²) in [4.78, 5) is 14.5. The molecule has 2 rings (SSSR count). The summed E-state index contributed by atoms with van der Waals surface area (Å²) < 4.78 is 0. The number of aliphatic hydroxyl groups is 1. The molecule has 0 spiro atoms. The summed E-state index contributed by atoms with van der Waals surface area (Å²) in [5, 5.41) is 20.0. The van der Waals surface area contributed by atoms with Gasteiger partial charge in [0.1, 0.15) is 5.41 Å². The van der Waals surface area contributed by atoms with Crippen molar-refractivity contribution < 1.29 is 9.90 Å². The minimum Gasteiger partial charge on any atom is -0.387 e. The molecule has 1 N–H and O–H groups in total. The summed E-state index contributed by atoms with van der Waals surface area (Å²) >= 11 is 0. The number of aliphatic hydroxyl groups excluding tert-OH is 1. The monoisotopic (exact) mass is 314 g/mol. The summed E-state index contributed by atoms with van der Waals surface area (Å²) in [6.45, 7) is 4.64. The molecule has 0 radical (unpaired) electrons. The van der Waals surface area contributed by atoms with Crippen LogP contribution in [0.4, 0.5) is 0 Å². The first-order valence-corrected chi connectivity index (χ1v) is 8.47. The SMILES string of the molecule is CCN(CC(O)c1ccc(C)cc1)C(=O)C1(C#N)CCCCC1. The van der Waals surface area contributed by atoms with Crippen LogP contribution in [-0.4, -0.2) is 29.0 Å². The Labute approximate surface area is 138 Å². The maximum absolute atomic E-state index is 12.9. The van der Waals surface area contributed by atoms with Crippen LogP contribution in [0.1, 0.15) is 56.3 Å². The van der Waals surface area contributed by atoms with Gasteiger partial charge in [-0.15, -0.1) is 0 Å². The molecule has 0 saturated heterocycles. The predicted molar refractivity (Wildman–Crippen MR) is 89.5 cm³/mol. The van der Waals surface area contributed by atoms with E-state index in [4.69, 9.17) is 0 Å². The second-order valence-electron chi connectivity index (χ2n) is 6.52. The lowest BCUT2D eigenvalue weighted by atomic mass is 9.74. The largest absolute Gasteiger partial charge is 0.387 e. The van der Waals surface area contributed by atoms with Crippen molar-refractivity contribution in [2.24, 2.45) is 5.41 Å². The van der Waals surface area contributed by atoms with Gasteiger partial charge in [0.05, 0.1) is 18.7 Å². The van der Waals surface area contributed by atoms with Crippen LogP contribution < -0.4 is 0 Å². The van der Waals surface area contributed by atoms with E-state index in [0.29, 0.717) is 19.4 Å². The average Bonchev–Trinajstić information content (AvgIpc) is 2.60. The quantitative estimate of drug-likeness (QED) is 0.906. The molecule has 1 aromatic carbocycles. The van der Waals surface area contributed by atoms with Crippen LogP contribution in [0.25, 0.3) is 0 Å². The van der Waals surface area contributed by atoms with Crippen LogP contribution >= 0.6 is 0 Å². The Hall–Kier alpha value is -1.86. The van der Waals surface area contributed by atoms with E-state index < -0.39 is 11.5 Å². The molecule has 0 bridgehead atoms. The van der Waals surface area contributed by atoms with Crippen LogP contribution in [0.5, 0.6) is 0 Å². The second kappa shape index (κ2) is 7.61. The molecule has 0 aliphatic heterocycles. The highest BCUT2D eigenvalue weighted by atomic mass is 16.3. The molecule has 0 aromatic heterocycles. The summed E-state index contributed by atoms with van der Waals surface area (Å²) in [6.07, 6.45) is 3.50. The highest BCUT2D eigenvalue weighted by molar-refractivity contribution is 5.85. The summed E-state index contributed by atoms with van der Waals surface area (Å²) in [7, 11) is 0. The molecule has 23 heavy (non-hydrogen) atoms. The van der Waals surface area contributed by atoms with Crippen LogP contribution in [0.2, 0.25) is 0 Å². The second-order valence-corrected chi connectivity index (χ2v) is 6.52. The molecule has 4 heteroatoms. The van der Waals surface area contributed by atoms with Gasteiger partial charge in [-0.25, -0.2) is 0 Å². The van der Waals surface area contributed by atoms with Crippen LogP contribution in [0, 0.1) is 23.7 Å². The number of carbonyl (C=O) groups excluding carboxylic acids is 1. The highest BCUT2D eigenvalue weighted by Crippen LogP contribution is 2.37. The number of benzene rings is 1. The van der Waals surface area contributed by atoms with Crippen molar-refractivity contribution in [2.75, 3.05) is 13.1 Å². The summed E-state index contributed by atoms with van der Waals surface area (Å²) in [5.74, 6) is -0.117. The first-order valence-electron chi connectivity index (χ1n) is 8.47. The Morgan fingerprint density at radius 3 is 2.43 bits per heavy atom. The topological polar surface area (TPSA) is 64.3 Å². The number of nitrogens with zero attached hydrogens (tertiary/aromatic N) is 2. The smallest absolute Gasteiger partial charge is 0.243 e. The third-order valence-corrected chi connectivity index (χ3v) is 4.85. The lowest BCUT2D eigenvalue weighted by Crippen LogP contribution is -2.45. The zero-order valence-electron chi connectivity index (χ0n) is 14.1. The predicted octanol–water partition coefficient (Wildman–Crippen LogP) is 3.35. The first kappa shape index (κ1) is 17.5. The van der Waals surface area contributed by atoms with Crippen molar-refractivity contribution in [1.29, 1.82) is 5.26 Å². The van der Waals surface area contributed by atoms with E-state index in [2.05, 4.69) is 6.07 Å². The zero-order valence-corrected chi connectivity index (χ0v) is 14.1. The van der Waals surface area contributed by atoms with Gasteiger partial charge in [-0.2, -0.15) is 5.26 Å². The van der Waals surface area contributed by atoms with Gasteiger partial charge in [0, 0.05) is 6.54 Å². The molecule has 1 fully saturated rings. The van der Waals surface area contributed by atoms with Crippen molar-refractivity contribution in [1.82, 2.24) is 4.90 Å². The van der Waals surface area contributed by atoms with Crippen LogP contribution in [0.15, 0.2) is 24.3 Å².